The monoisotopic (exact) mass is 268 g/mol. The predicted molar refractivity (Wildman–Crippen MR) is 72.7 cm³/mol. The highest BCUT2D eigenvalue weighted by molar-refractivity contribution is 6.29. The fourth-order valence-corrected chi connectivity index (χ4v) is 2.48. The van der Waals surface area contributed by atoms with Crippen LogP contribution in [-0.2, 0) is 0 Å². The number of hydrogen-bond acceptors (Lipinski definition) is 4. The Hall–Kier alpha value is -2.62. The van der Waals surface area contributed by atoms with Gasteiger partial charge < -0.3 is 9.84 Å². The molecule has 4 nitrogen and oxygen atoms in total. The van der Waals surface area contributed by atoms with E-state index in [-0.39, 0.29) is 34.2 Å². The molecule has 2 aromatic rings. The molecule has 0 radical (unpaired) electrons. The van der Waals surface area contributed by atoms with E-state index in [0.717, 1.165) is 5.56 Å². The number of rotatable bonds is 1. The van der Waals surface area contributed by atoms with Crippen molar-refractivity contribution in [2.45, 2.75) is 6.92 Å². The molecule has 2 aromatic carbocycles. The molecule has 0 atom stereocenters. The van der Waals surface area contributed by atoms with Crippen molar-refractivity contribution in [1.29, 1.82) is 0 Å². The molecule has 0 unspecified atom stereocenters. The van der Waals surface area contributed by atoms with Crippen LogP contribution in [0.2, 0.25) is 0 Å². The molecule has 4 heteroatoms. The lowest BCUT2D eigenvalue weighted by Crippen LogP contribution is -2.21. The summed E-state index contributed by atoms with van der Waals surface area (Å²) in [5.41, 5.74) is 1.82. The molecule has 0 aromatic heterocycles. The number of hydrogen-bond donors (Lipinski definition) is 1. The smallest absolute Gasteiger partial charge is 0.198 e. The lowest BCUT2D eigenvalue weighted by atomic mass is 9.83. The Labute approximate surface area is 115 Å². The van der Waals surface area contributed by atoms with Crippen LogP contribution in [0.25, 0.3) is 0 Å². The van der Waals surface area contributed by atoms with Gasteiger partial charge >= 0.3 is 0 Å². The fraction of sp³-hybridized carbons (Fsp3) is 0.125. The Morgan fingerprint density at radius 1 is 0.950 bits per heavy atom. The summed E-state index contributed by atoms with van der Waals surface area (Å²) in [7, 11) is 1.40. The number of methoxy groups -OCH3 is 1. The molecule has 0 aliphatic heterocycles. The van der Waals surface area contributed by atoms with Crippen molar-refractivity contribution in [3.8, 4) is 11.5 Å². The summed E-state index contributed by atoms with van der Waals surface area (Å²) >= 11 is 0. The van der Waals surface area contributed by atoms with E-state index in [1.165, 1.54) is 19.2 Å². The molecule has 1 N–H and O–H groups in total. The lowest BCUT2D eigenvalue weighted by Gasteiger charge is -2.19. The number of aromatic hydroxyl groups is 1. The topological polar surface area (TPSA) is 63.6 Å². The van der Waals surface area contributed by atoms with Crippen LogP contribution in [0.4, 0.5) is 0 Å². The van der Waals surface area contributed by atoms with Crippen LogP contribution in [0.15, 0.2) is 30.3 Å². The van der Waals surface area contributed by atoms with Gasteiger partial charge in [0.15, 0.2) is 23.1 Å². The molecule has 0 bridgehead atoms. The molecule has 0 heterocycles. The molecular formula is C16H12O4. The Kier molecular flexibility index (Phi) is 2.61. The van der Waals surface area contributed by atoms with E-state index in [9.17, 15) is 14.7 Å². The first-order valence-electron chi connectivity index (χ1n) is 6.14. The van der Waals surface area contributed by atoms with Gasteiger partial charge in [0.05, 0.1) is 12.7 Å². The van der Waals surface area contributed by atoms with Crippen molar-refractivity contribution in [3.05, 3.63) is 58.1 Å². The van der Waals surface area contributed by atoms with Crippen LogP contribution < -0.4 is 4.74 Å². The van der Waals surface area contributed by atoms with Crippen molar-refractivity contribution in [2.24, 2.45) is 0 Å². The Morgan fingerprint density at radius 3 is 2.35 bits per heavy atom. The lowest BCUT2D eigenvalue weighted by molar-refractivity contribution is 0.0976. The first-order valence-corrected chi connectivity index (χ1v) is 6.14. The maximum absolute atomic E-state index is 12.5. The third kappa shape index (κ3) is 1.54. The second-order valence-electron chi connectivity index (χ2n) is 4.75. The van der Waals surface area contributed by atoms with Gasteiger partial charge in [-0.1, -0.05) is 17.7 Å². The number of phenols is 1. The van der Waals surface area contributed by atoms with Gasteiger partial charge in [0.25, 0.3) is 0 Å². The van der Waals surface area contributed by atoms with Gasteiger partial charge in [-0.2, -0.15) is 0 Å². The van der Waals surface area contributed by atoms with E-state index < -0.39 is 0 Å². The average Bonchev–Trinajstić information content (AvgIpc) is 2.44. The minimum Gasteiger partial charge on any atom is -0.504 e. The van der Waals surface area contributed by atoms with E-state index in [2.05, 4.69) is 0 Å². The molecule has 3 rings (SSSR count). The van der Waals surface area contributed by atoms with Crippen molar-refractivity contribution < 1.29 is 19.4 Å². The summed E-state index contributed by atoms with van der Waals surface area (Å²) in [5.74, 6) is -0.709. The summed E-state index contributed by atoms with van der Waals surface area (Å²) in [4.78, 5) is 24.9. The maximum Gasteiger partial charge on any atom is 0.198 e. The third-order valence-electron chi connectivity index (χ3n) is 3.50. The molecule has 0 amide bonds. The zero-order chi connectivity index (χ0) is 14.4. The highest BCUT2D eigenvalue weighted by Gasteiger charge is 2.33. The number of ketones is 2. The van der Waals surface area contributed by atoms with Gasteiger partial charge in [0, 0.05) is 16.7 Å². The van der Waals surface area contributed by atoms with E-state index >= 15 is 0 Å². The fourth-order valence-electron chi connectivity index (χ4n) is 2.48. The number of phenolic OH excluding ortho intramolecular Hbond substituents is 1. The maximum atomic E-state index is 12.5. The second-order valence-corrected chi connectivity index (χ2v) is 4.75. The van der Waals surface area contributed by atoms with Crippen LogP contribution >= 0.6 is 0 Å². The minimum atomic E-state index is -0.352. The first-order chi connectivity index (χ1) is 9.54. The minimum absolute atomic E-state index is 0.0208. The van der Waals surface area contributed by atoms with Crippen molar-refractivity contribution in [3.63, 3.8) is 0 Å². The van der Waals surface area contributed by atoms with Crippen LogP contribution in [0.3, 0.4) is 0 Å². The zero-order valence-electron chi connectivity index (χ0n) is 11.1. The summed E-state index contributed by atoms with van der Waals surface area (Å²) < 4.78 is 4.99. The highest BCUT2D eigenvalue weighted by Crippen LogP contribution is 2.38. The molecule has 1 aliphatic carbocycles. The standard InChI is InChI=1S/C16H12O4/c1-8-3-4-9-11(7-8)15(18)13-10(14(9)17)5-6-12(20-2)16(13)19/h3-7,19H,1-2H3. The van der Waals surface area contributed by atoms with Gasteiger partial charge in [-0.25, -0.2) is 0 Å². The zero-order valence-corrected chi connectivity index (χ0v) is 11.1. The van der Waals surface area contributed by atoms with Gasteiger partial charge in [-0.15, -0.1) is 0 Å². The SMILES string of the molecule is COc1ccc2c(c1O)C(=O)c1cc(C)ccc1C2=O. The summed E-state index contributed by atoms with van der Waals surface area (Å²) in [6, 6.07) is 8.10. The van der Waals surface area contributed by atoms with Crippen LogP contribution in [0, 0.1) is 6.92 Å². The average molecular weight is 268 g/mol. The van der Waals surface area contributed by atoms with E-state index in [4.69, 9.17) is 4.74 Å². The van der Waals surface area contributed by atoms with Gasteiger partial charge in [-0.05, 0) is 25.1 Å². The van der Waals surface area contributed by atoms with Crippen LogP contribution in [0.1, 0.15) is 37.4 Å². The number of carbonyl (C=O) groups is 2. The van der Waals surface area contributed by atoms with Crippen LogP contribution in [-0.4, -0.2) is 23.8 Å². The van der Waals surface area contributed by atoms with Gasteiger partial charge in [0.2, 0.25) is 0 Å². The summed E-state index contributed by atoms with van der Waals surface area (Å²) in [5, 5.41) is 10.1. The van der Waals surface area contributed by atoms with Gasteiger partial charge in [-0.3, -0.25) is 9.59 Å². The normalized spacial score (nSPS) is 12.9. The van der Waals surface area contributed by atoms with Crippen molar-refractivity contribution >= 4 is 11.6 Å². The summed E-state index contributed by atoms with van der Waals surface area (Å²) in [6.07, 6.45) is 0. The molecule has 20 heavy (non-hydrogen) atoms. The third-order valence-corrected chi connectivity index (χ3v) is 3.50. The Balaban J connectivity index is 2.32. The molecule has 0 fully saturated rings. The van der Waals surface area contributed by atoms with Crippen molar-refractivity contribution in [1.82, 2.24) is 0 Å². The summed E-state index contributed by atoms with van der Waals surface area (Å²) in [6.45, 7) is 1.85. The molecule has 0 spiro atoms. The van der Waals surface area contributed by atoms with Gasteiger partial charge in [0.1, 0.15) is 0 Å². The predicted octanol–water partition coefficient (Wildman–Crippen LogP) is 2.48. The Bertz CT molecular complexity index is 759. The molecule has 0 saturated carbocycles. The van der Waals surface area contributed by atoms with E-state index in [0.29, 0.717) is 11.1 Å². The number of aryl methyl sites for hydroxylation is 1. The molecule has 100 valence electrons. The molecule has 1 aliphatic rings. The number of carbonyl (C=O) groups excluding carboxylic acids is 2. The Morgan fingerprint density at radius 2 is 1.65 bits per heavy atom. The van der Waals surface area contributed by atoms with Crippen LogP contribution in [0.5, 0.6) is 11.5 Å². The quantitative estimate of drug-likeness (QED) is 0.736. The first kappa shape index (κ1) is 12.4. The second kappa shape index (κ2) is 4.20. The number of fused-ring (bicyclic) bond motifs is 2. The molecular weight excluding hydrogens is 256 g/mol. The largest absolute Gasteiger partial charge is 0.504 e. The van der Waals surface area contributed by atoms with E-state index in [1.54, 1.807) is 18.2 Å². The number of benzene rings is 2. The number of ether oxygens (including phenoxy) is 1. The van der Waals surface area contributed by atoms with Crippen molar-refractivity contribution in [2.75, 3.05) is 7.11 Å². The highest BCUT2D eigenvalue weighted by atomic mass is 16.5. The van der Waals surface area contributed by atoms with E-state index in [1.807, 2.05) is 6.92 Å². The molecule has 0 saturated heterocycles.